The summed E-state index contributed by atoms with van der Waals surface area (Å²) in [5.74, 6) is -0.575. The Morgan fingerprint density at radius 1 is 1.27 bits per heavy atom. The summed E-state index contributed by atoms with van der Waals surface area (Å²) in [6, 6.07) is 12.5. The Morgan fingerprint density at radius 2 is 2.08 bits per heavy atom. The molecule has 1 saturated heterocycles. The molecule has 1 amide bonds. The number of benzene rings is 1. The predicted molar refractivity (Wildman–Crippen MR) is 93.3 cm³/mol. The molecule has 6 nitrogen and oxygen atoms in total. The van der Waals surface area contributed by atoms with Gasteiger partial charge in [0.1, 0.15) is 5.82 Å². The van der Waals surface area contributed by atoms with Crippen LogP contribution in [-0.4, -0.2) is 34.5 Å². The number of carbonyl (C=O) groups is 1. The number of hydrogen-bond donors (Lipinski definition) is 1. The van der Waals surface area contributed by atoms with E-state index in [1.807, 2.05) is 12.3 Å². The van der Waals surface area contributed by atoms with Crippen molar-refractivity contribution in [1.29, 1.82) is 10.5 Å². The van der Waals surface area contributed by atoms with E-state index in [-0.39, 0.29) is 18.8 Å². The van der Waals surface area contributed by atoms with Gasteiger partial charge in [0, 0.05) is 12.7 Å². The number of nitriles is 2. The minimum atomic E-state index is -2.12. The van der Waals surface area contributed by atoms with E-state index in [0.717, 1.165) is 11.1 Å². The van der Waals surface area contributed by atoms with E-state index in [2.05, 4.69) is 16.4 Å². The summed E-state index contributed by atoms with van der Waals surface area (Å²) >= 11 is 0. The Bertz CT molecular complexity index is 917. The first-order valence-corrected chi connectivity index (χ1v) is 8.16. The number of likely N-dealkylation sites (tertiary alicyclic amines) is 1. The van der Waals surface area contributed by atoms with Crippen LogP contribution in [0.4, 0.5) is 10.2 Å². The van der Waals surface area contributed by atoms with Crippen molar-refractivity contribution in [3.63, 3.8) is 0 Å². The van der Waals surface area contributed by atoms with Crippen LogP contribution in [0.1, 0.15) is 18.4 Å². The zero-order valence-electron chi connectivity index (χ0n) is 13.9. The van der Waals surface area contributed by atoms with Gasteiger partial charge in [-0.3, -0.25) is 4.79 Å². The third kappa shape index (κ3) is 3.62. The lowest BCUT2D eigenvalue weighted by atomic mass is 9.94. The summed E-state index contributed by atoms with van der Waals surface area (Å²) in [4.78, 5) is 17.7. The molecule has 1 aromatic heterocycles. The normalized spacial score (nSPS) is 19.3. The molecule has 1 aromatic carbocycles. The average Bonchev–Trinajstić information content (AvgIpc) is 2.68. The van der Waals surface area contributed by atoms with Crippen molar-refractivity contribution < 1.29 is 9.18 Å². The molecule has 2 aromatic rings. The lowest BCUT2D eigenvalue weighted by Gasteiger charge is -2.33. The molecule has 1 aliphatic heterocycles. The van der Waals surface area contributed by atoms with Crippen LogP contribution in [0, 0.1) is 22.8 Å². The molecule has 1 aliphatic rings. The molecule has 1 N–H and O–H groups in total. The lowest BCUT2D eigenvalue weighted by Crippen LogP contribution is -2.51. The predicted octanol–water partition coefficient (Wildman–Crippen LogP) is 2.84. The number of carbonyl (C=O) groups excluding carboxylic acids is 1. The van der Waals surface area contributed by atoms with E-state index in [9.17, 15) is 9.18 Å². The number of pyridine rings is 1. The molecule has 0 saturated carbocycles. The number of amides is 1. The fourth-order valence-corrected chi connectivity index (χ4v) is 2.96. The third-order valence-electron chi connectivity index (χ3n) is 4.32. The second-order valence-electron chi connectivity index (χ2n) is 6.17. The fourth-order valence-electron chi connectivity index (χ4n) is 2.96. The van der Waals surface area contributed by atoms with Crippen LogP contribution in [-0.2, 0) is 4.79 Å². The number of piperidine rings is 1. The topological polar surface area (TPSA) is 92.8 Å². The van der Waals surface area contributed by atoms with Gasteiger partial charge in [-0.15, -0.1) is 0 Å². The second kappa shape index (κ2) is 7.20. The zero-order chi connectivity index (χ0) is 18.6. The Hall–Kier alpha value is -3.45. The average molecular weight is 349 g/mol. The number of aromatic nitrogens is 1. The Kier molecular flexibility index (Phi) is 4.81. The Balaban J connectivity index is 1.79. The monoisotopic (exact) mass is 349 g/mol. The van der Waals surface area contributed by atoms with Crippen molar-refractivity contribution in [2.24, 2.45) is 0 Å². The number of rotatable bonds is 3. The number of hydrogen-bond acceptors (Lipinski definition) is 5. The van der Waals surface area contributed by atoms with E-state index in [0.29, 0.717) is 18.5 Å². The Labute approximate surface area is 150 Å². The van der Waals surface area contributed by atoms with Crippen molar-refractivity contribution in [1.82, 2.24) is 9.88 Å². The van der Waals surface area contributed by atoms with E-state index in [1.165, 1.54) is 11.1 Å². The van der Waals surface area contributed by atoms with Gasteiger partial charge < -0.3 is 10.2 Å². The summed E-state index contributed by atoms with van der Waals surface area (Å²) in [5, 5.41) is 20.5. The smallest absolute Gasteiger partial charge is 0.265 e. The van der Waals surface area contributed by atoms with Gasteiger partial charge in [-0.2, -0.15) is 10.5 Å². The van der Waals surface area contributed by atoms with Crippen molar-refractivity contribution in [3.8, 4) is 23.4 Å². The van der Waals surface area contributed by atoms with Gasteiger partial charge in [0.25, 0.3) is 5.91 Å². The summed E-state index contributed by atoms with van der Waals surface area (Å²) in [7, 11) is 0. The first-order chi connectivity index (χ1) is 12.5. The van der Waals surface area contributed by atoms with Crippen molar-refractivity contribution in [3.05, 3.63) is 48.2 Å². The molecule has 0 bridgehead atoms. The maximum Gasteiger partial charge on any atom is 0.265 e. The number of nitrogens with zero attached hydrogens (tertiary/aromatic N) is 4. The summed E-state index contributed by atoms with van der Waals surface area (Å²) < 4.78 is 14.9. The molecule has 0 spiro atoms. The maximum atomic E-state index is 14.9. The third-order valence-corrected chi connectivity index (χ3v) is 4.32. The summed E-state index contributed by atoms with van der Waals surface area (Å²) in [5.41, 5.74) is -0.0499. The summed E-state index contributed by atoms with van der Waals surface area (Å²) in [6.45, 7) is 0.206. The van der Waals surface area contributed by atoms with Gasteiger partial charge in [-0.1, -0.05) is 12.1 Å². The molecule has 1 atom stereocenters. The Morgan fingerprint density at radius 3 is 2.85 bits per heavy atom. The van der Waals surface area contributed by atoms with E-state index < -0.39 is 11.6 Å². The van der Waals surface area contributed by atoms with E-state index >= 15 is 0 Å². The van der Waals surface area contributed by atoms with Crippen LogP contribution in [0.2, 0.25) is 0 Å². The van der Waals surface area contributed by atoms with E-state index in [1.54, 1.807) is 30.3 Å². The minimum absolute atomic E-state index is 0.0704. The van der Waals surface area contributed by atoms with Gasteiger partial charge in [0.15, 0.2) is 6.19 Å². The summed E-state index contributed by atoms with van der Waals surface area (Å²) in [6.07, 6.45) is 3.91. The molecule has 0 radical (unpaired) electrons. The number of halogens is 1. The van der Waals surface area contributed by atoms with Crippen LogP contribution in [0.25, 0.3) is 11.1 Å². The first-order valence-electron chi connectivity index (χ1n) is 8.16. The highest BCUT2D eigenvalue weighted by Gasteiger charge is 2.42. The number of anilines is 1. The molecule has 7 heteroatoms. The van der Waals surface area contributed by atoms with Gasteiger partial charge in [0.05, 0.1) is 18.2 Å². The first kappa shape index (κ1) is 17.4. The molecule has 0 aliphatic carbocycles. The zero-order valence-corrected chi connectivity index (χ0v) is 13.9. The van der Waals surface area contributed by atoms with Gasteiger partial charge >= 0.3 is 0 Å². The highest BCUT2D eigenvalue weighted by atomic mass is 19.1. The van der Waals surface area contributed by atoms with Crippen LogP contribution >= 0.6 is 0 Å². The minimum Gasteiger partial charge on any atom is -0.308 e. The van der Waals surface area contributed by atoms with Gasteiger partial charge in [0.2, 0.25) is 5.67 Å². The highest BCUT2D eigenvalue weighted by Crippen LogP contribution is 2.27. The fraction of sp³-hybridized carbons (Fsp3) is 0.263. The van der Waals surface area contributed by atoms with Gasteiger partial charge in [-0.25, -0.2) is 9.37 Å². The van der Waals surface area contributed by atoms with Crippen LogP contribution in [0.15, 0.2) is 42.6 Å². The highest BCUT2D eigenvalue weighted by molar-refractivity contribution is 5.97. The molecule has 2 heterocycles. The number of alkyl halides is 1. The molecule has 130 valence electrons. The van der Waals surface area contributed by atoms with Crippen LogP contribution in [0.3, 0.4) is 0 Å². The van der Waals surface area contributed by atoms with Gasteiger partial charge in [-0.05, 0) is 48.2 Å². The SMILES string of the molecule is N#Cc1cccc(-c2ccnc(NC(=O)[C@@]3(F)CCCN(C#N)C3)c2)c1. The standard InChI is InChI=1S/C19H16FN5O/c20-19(6-2-8-25(12-19)13-22)18(26)24-17-10-16(5-7-23-17)15-4-1-3-14(9-15)11-21/h1,3-5,7,9-10H,2,6,8,12H2,(H,23,24,26)/t19-/m1/s1. The largest absolute Gasteiger partial charge is 0.308 e. The molecule has 0 unspecified atom stereocenters. The van der Waals surface area contributed by atoms with Crippen molar-refractivity contribution in [2.75, 3.05) is 18.4 Å². The molecular formula is C19H16FN5O. The van der Waals surface area contributed by atoms with Crippen LogP contribution in [0.5, 0.6) is 0 Å². The lowest BCUT2D eigenvalue weighted by molar-refractivity contribution is -0.130. The maximum absolute atomic E-state index is 14.9. The molecular weight excluding hydrogens is 333 g/mol. The quantitative estimate of drug-likeness (QED) is 0.860. The van der Waals surface area contributed by atoms with Crippen molar-refractivity contribution >= 4 is 11.7 Å². The van der Waals surface area contributed by atoms with Crippen molar-refractivity contribution in [2.45, 2.75) is 18.5 Å². The number of nitrogens with one attached hydrogen (secondary N) is 1. The molecule has 3 rings (SSSR count). The van der Waals surface area contributed by atoms with Crippen LogP contribution < -0.4 is 5.32 Å². The van der Waals surface area contributed by atoms with E-state index in [4.69, 9.17) is 10.5 Å². The molecule has 1 fully saturated rings. The molecule has 26 heavy (non-hydrogen) atoms. The second-order valence-corrected chi connectivity index (χ2v) is 6.17.